The third-order valence-electron chi connectivity index (χ3n) is 2.80. The van der Waals surface area contributed by atoms with Crippen LogP contribution in [0, 0.1) is 17.2 Å². The molecule has 0 saturated heterocycles. The first kappa shape index (κ1) is 8.55. The van der Waals surface area contributed by atoms with Crippen molar-refractivity contribution >= 4 is 0 Å². The molecule has 2 atom stereocenters. The molecule has 1 aliphatic carbocycles. The van der Waals surface area contributed by atoms with E-state index < -0.39 is 0 Å². The van der Waals surface area contributed by atoms with E-state index in [1.54, 1.807) is 0 Å². The molecule has 0 heterocycles. The van der Waals surface area contributed by atoms with E-state index in [9.17, 15) is 0 Å². The molecule has 0 aromatic heterocycles. The summed E-state index contributed by atoms with van der Waals surface area (Å²) in [5.74, 6) is 0.719. The quantitative estimate of drug-likeness (QED) is 0.571. The molecule has 0 amide bonds. The lowest BCUT2D eigenvalue weighted by Crippen LogP contribution is -2.40. The molecule has 62 valence electrons. The van der Waals surface area contributed by atoms with Gasteiger partial charge in [0.05, 0.1) is 6.07 Å². The van der Waals surface area contributed by atoms with E-state index in [2.05, 4.69) is 17.9 Å². The molecular formula is C9H16N2. The van der Waals surface area contributed by atoms with Crippen molar-refractivity contribution in [2.75, 3.05) is 14.1 Å². The van der Waals surface area contributed by atoms with Gasteiger partial charge < -0.3 is 0 Å². The molecule has 2 heteroatoms. The Morgan fingerprint density at radius 2 is 2.18 bits per heavy atom. The van der Waals surface area contributed by atoms with Gasteiger partial charge in [-0.2, -0.15) is 5.26 Å². The van der Waals surface area contributed by atoms with Crippen molar-refractivity contribution in [3.63, 3.8) is 0 Å². The SMILES string of the molecule is CC1CCC(C#N)(N(C)C)C1. The minimum Gasteiger partial charge on any atom is -0.292 e. The van der Waals surface area contributed by atoms with E-state index >= 15 is 0 Å². The molecule has 0 aromatic carbocycles. The van der Waals surface area contributed by atoms with Crippen LogP contribution in [-0.4, -0.2) is 24.5 Å². The third kappa shape index (κ3) is 1.39. The van der Waals surface area contributed by atoms with E-state index in [0.717, 1.165) is 18.8 Å². The van der Waals surface area contributed by atoms with E-state index in [1.165, 1.54) is 6.42 Å². The summed E-state index contributed by atoms with van der Waals surface area (Å²) in [6, 6.07) is 2.43. The second kappa shape index (κ2) is 2.83. The lowest BCUT2D eigenvalue weighted by Gasteiger charge is -2.28. The lowest BCUT2D eigenvalue weighted by atomic mass is 9.97. The first-order valence-corrected chi connectivity index (χ1v) is 4.19. The highest BCUT2D eigenvalue weighted by Crippen LogP contribution is 2.36. The van der Waals surface area contributed by atoms with Gasteiger partial charge in [-0.3, -0.25) is 4.90 Å². The Balaban J connectivity index is 2.73. The van der Waals surface area contributed by atoms with Crippen LogP contribution < -0.4 is 0 Å². The van der Waals surface area contributed by atoms with Crippen molar-refractivity contribution in [1.82, 2.24) is 4.90 Å². The maximum Gasteiger partial charge on any atom is 0.109 e. The first-order chi connectivity index (χ1) is 5.10. The maximum absolute atomic E-state index is 9.01. The normalized spacial score (nSPS) is 37.5. The van der Waals surface area contributed by atoms with E-state index in [1.807, 2.05) is 14.1 Å². The van der Waals surface area contributed by atoms with Gasteiger partial charge in [-0.25, -0.2) is 0 Å². The summed E-state index contributed by atoms with van der Waals surface area (Å²) >= 11 is 0. The summed E-state index contributed by atoms with van der Waals surface area (Å²) < 4.78 is 0. The standard InChI is InChI=1S/C9H16N2/c1-8-4-5-9(6-8,7-10)11(2)3/h8H,4-6H2,1-3H3. The predicted octanol–water partition coefficient (Wildman–Crippen LogP) is 1.63. The molecule has 2 unspecified atom stereocenters. The van der Waals surface area contributed by atoms with Gasteiger partial charge >= 0.3 is 0 Å². The summed E-state index contributed by atoms with van der Waals surface area (Å²) in [7, 11) is 4.00. The minimum atomic E-state index is -0.153. The largest absolute Gasteiger partial charge is 0.292 e. The van der Waals surface area contributed by atoms with Crippen molar-refractivity contribution in [1.29, 1.82) is 5.26 Å². The van der Waals surface area contributed by atoms with Crippen LogP contribution in [0.3, 0.4) is 0 Å². The molecule has 0 aliphatic heterocycles. The Bertz CT molecular complexity index is 180. The van der Waals surface area contributed by atoms with Gasteiger partial charge in [0, 0.05) is 0 Å². The Labute approximate surface area is 68.8 Å². The molecule has 0 bridgehead atoms. The second-order valence-electron chi connectivity index (χ2n) is 3.89. The number of nitriles is 1. The lowest BCUT2D eigenvalue weighted by molar-refractivity contribution is 0.217. The van der Waals surface area contributed by atoms with Crippen molar-refractivity contribution in [2.45, 2.75) is 31.7 Å². The van der Waals surface area contributed by atoms with Gasteiger partial charge in [0.2, 0.25) is 0 Å². The van der Waals surface area contributed by atoms with Gasteiger partial charge in [-0.05, 0) is 39.3 Å². The summed E-state index contributed by atoms with van der Waals surface area (Å²) in [6.45, 7) is 2.22. The highest BCUT2D eigenvalue weighted by molar-refractivity contribution is 5.10. The van der Waals surface area contributed by atoms with Gasteiger partial charge in [0.1, 0.15) is 5.54 Å². The zero-order valence-electron chi connectivity index (χ0n) is 7.59. The van der Waals surface area contributed by atoms with Crippen LogP contribution >= 0.6 is 0 Å². The average molecular weight is 152 g/mol. The van der Waals surface area contributed by atoms with Crippen LogP contribution in [0.1, 0.15) is 26.2 Å². The third-order valence-corrected chi connectivity index (χ3v) is 2.80. The van der Waals surface area contributed by atoms with Crippen molar-refractivity contribution in [3.8, 4) is 6.07 Å². The Kier molecular flexibility index (Phi) is 2.20. The molecule has 0 spiro atoms. The monoisotopic (exact) mass is 152 g/mol. The highest BCUT2D eigenvalue weighted by atomic mass is 15.1. The highest BCUT2D eigenvalue weighted by Gasteiger charge is 2.39. The molecule has 0 radical (unpaired) electrons. The number of nitrogens with zero attached hydrogens (tertiary/aromatic N) is 2. The van der Waals surface area contributed by atoms with Crippen LogP contribution in [0.5, 0.6) is 0 Å². The second-order valence-corrected chi connectivity index (χ2v) is 3.89. The van der Waals surface area contributed by atoms with E-state index in [4.69, 9.17) is 5.26 Å². The first-order valence-electron chi connectivity index (χ1n) is 4.19. The number of hydrogen-bond acceptors (Lipinski definition) is 2. The number of rotatable bonds is 1. The van der Waals surface area contributed by atoms with Gasteiger partial charge in [0.15, 0.2) is 0 Å². The molecule has 1 rings (SSSR count). The van der Waals surface area contributed by atoms with Crippen molar-refractivity contribution < 1.29 is 0 Å². The Morgan fingerprint density at radius 3 is 2.36 bits per heavy atom. The molecule has 2 nitrogen and oxygen atoms in total. The fourth-order valence-electron chi connectivity index (χ4n) is 1.87. The molecular weight excluding hydrogens is 136 g/mol. The number of hydrogen-bond donors (Lipinski definition) is 0. The molecule has 11 heavy (non-hydrogen) atoms. The summed E-state index contributed by atoms with van der Waals surface area (Å²) in [5.41, 5.74) is -0.153. The summed E-state index contributed by atoms with van der Waals surface area (Å²) in [6.07, 6.45) is 3.28. The predicted molar refractivity (Wildman–Crippen MR) is 45.0 cm³/mol. The fourth-order valence-corrected chi connectivity index (χ4v) is 1.87. The Morgan fingerprint density at radius 1 is 1.55 bits per heavy atom. The molecule has 0 N–H and O–H groups in total. The zero-order valence-corrected chi connectivity index (χ0v) is 7.59. The smallest absolute Gasteiger partial charge is 0.109 e. The average Bonchev–Trinajstić information content (AvgIpc) is 2.33. The summed E-state index contributed by atoms with van der Waals surface area (Å²) in [5, 5.41) is 9.01. The fraction of sp³-hybridized carbons (Fsp3) is 0.889. The van der Waals surface area contributed by atoms with Crippen LogP contribution in [0.25, 0.3) is 0 Å². The van der Waals surface area contributed by atoms with E-state index in [-0.39, 0.29) is 5.54 Å². The maximum atomic E-state index is 9.01. The minimum absolute atomic E-state index is 0.153. The zero-order chi connectivity index (χ0) is 8.48. The van der Waals surface area contributed by atoms with E-state index in [0.29, 0.717) is 0 Å². The molecule has 1 fully saturated rings. The van der Waals surface area contributed by atoms with Crippen molar-refractivity contribution in [2.24, 2.45) is 5.92 Å². The van der Waals surface area contributed by atoms with Gasteiger partial charge in [0.25, 0.3) is 0 Å². The molecule has 1 saturated carbocycles. The van der Waals surface area contributed by atoms with Gasteiger partial charge in [-0.1, -0.05) is 6.92 Å². The Hall–Kier alpha value is -0.550. The van der Waals surface area contributed by atoms with Gasteiger partial charge in [-0.15, -0.1) is 0 Å². The van der Waals surface area contributed by atoms with Crippen LogP contribution in [-0.2, 0) is 0 Å². The van der Waals surface area contributed by atoms with Crippen molar-refractivity contribution in [3.05, 3.63) is 0 Å². The molecule has 1 aliphatic rings. The van der Waals surface area contributed by atoms with Crippen LogP contribution in [0.15, 0.2) is 0 Å². The van der Waals surface area contributed by atoms with Crippen LogP contribution in [0.2, 0.25) is 0 Å². The van der Waals surface area contributed by atoms with Crippen LogP contribution in [0.4, 0.5) is 0 Å². The summed E-state index contributed by atoms with van der Waals surface area (Å²) in [4.78, 5) is 2.07. The topological polar surface area (TPSA) is 27.0 Å². The molecule has 0 aromatic rings.